The van der Waals surface area contributed by atoms with E-state index in [0.717, 1.165) is 0 Å². The zero-order chi connectivity index (χ0) is 37.8. The van der Waals surface area contributed by atoms with Crippen molar-refractivity contribution in [1.82, 2.24) is 0 Å². The van der Waals surface area contributed by atoms with E-state index in [1.807, 2.05) is 0 Å². The van der Waals surface area contributed by atoms with Crippen LogP contribution in [0.2, 0.25) is 26.2 Å². The van der Waals surface area contributed by atoms with Gasteiger partial charge < -0.3 is 16.5 Å². The normalized spacial score (nSPS) is 18.1. The minimum atomic E-state index is -3.03. The number of hydrogen-bond donors (Lipinski definition) is 0. The molecule has 4 nitrogen and oxygen atoms in total. The molecule has 1 fully saturated rings. The first kappa shape index (κ1) is 36.2. The van der Waals surface area contributed by atoms with Gasteiger partial charge in [0, 0.05) is 5.41 Å². The highest BCUT2D eigenvalue weighted by Gasteiger charge is 2.63. The van der Waals surface area contributed by atoms with E-state index in [1.165, 1.54) is 65.3 Å². The third kappa shape index (κ3) is 6.00. The average molecular weight is 787 g/mol. The van der Waals surface area contributed by atoms with Crippen LogP contribution in [0.25, 0.3) is 43.1 Å². The zero-order valence-electron chi connectivity index (χ0n) is 32.1. The Hall–Kier alpha value is -4.49. The molecule has 8 aromatic carbocycles. The Kier molecular flexibility index (Phi) is 9.15. The molecule has 0 radical (unpaired) electrons. The van der Waals surface area contributed by atoms with Crippen molar-refractivity contribution in [2.24, 2.45) is 0 Å². The fraction of sp³-hybridized carbons (Fsp3) is 0.149. The van der Waals surface area contributed by atoms with Crippen LogP contribution in [0, 0.1) is 0 Å². The van der Waals surface area contributed by atoms with E-state index in [1.54, 1.807) is 0 Å². The first-order chi connectivity index (χ1) is 26.6. The molecule has 1 aliphatic rings. The maximum atomic E-state index is 7.82. The van der Waals surface area contributed by atoms with Crippen LogP contribution in [0.4, 0.5) is 0 Å². The lowest BCUT2D eigenvalue weighted by Gasteiger charge is -2.55. The lowest BCUT2D eigenvalue weighted by Crippen LogP contribution is -2.66. The van der Waals surface area contributed by atoms with Crippen molar-refractivity contribution in [2.75, 3.05) is 0 Å². The topological polar surface area (TPSA) is 36.9 Å². The van der Waals surface area contributed by atoms with E-state index < -0.39 is 46.9 Å². The molecule has 1 saturated heterocycles. The smallest absolute Gasteiger partial charge is 0.320 e. The SMILES string of the molecule is CC(c1cccc2ccccc12)(c1cccc2ccccc12)C(c1cccc2ccccc12)(c1cccc2ccccc12)[SiH]1O[SiH2]O[Si](C)(C)O[Si](C)(C)O1. The molecule has 1 unspecified atom stereocenters. The molecule has 0 bridgehead atoms. The summed E-state index contributed by atoms with van der Waals surface area (Å²) in [5.41, 5.74) is 4.05. The predicted molar refractivity (Wildman–Crippen MR) is 238 cm³/mol. The van der Waals surface area contributed by atoms with Gasteiger partial charge in [-0.15, -0.1) is 0 Å². The summed E-state index contributed by atoms with van der Waals surface area (Å²) in [4.78, 5) is 0. The quantitative estimate of drug-likeness (QED) is 0.157. The van der Waals surface area contributed by atoms with E-state index in [0.29, 0.717) is 0 Å². The molecular weight excluding hydrogens is 741 g/mol. The number of rotatable bonds is 6. The second kappa shape index (κ2) is 13.9. The maximum Gasteiger partial charge on any atom is 0.320 e. The Balaban J connectivity index is 1.57. The standard InChI is InChI=1S/C47H46O4Si4/c1-46(42-30-14-22-34-18-6-10-26-38(34)42,43-31-15-23-35-19-7-11-27-39(35)43)47(44-32-16-24-36-20-8-12-28-40(36)44,45-33-17-25-37-21-9-13-29-41(37)45)53-48-52-49-54(2,3)51-55(4,5)50-53/h6-33,53H,52H2,1-5H3. The van der Waals surface area contributed by atoms with Gasteiger partial charge in [-0.05, 0) is 91.5 Å². The maximum absolute atomic E-state index is 7.82. The van der Waals surface area contributed by atoms with Crippen molar-refractivity contribution in [3.8, 4) is 0 Å². The molecule has 1 atom stereocenters. The summed E-state index contributed by atoms with van der Waals surface area (Å²) in [5, 5.41) is 8.64. The third-order valence-electron chi connectivity index (χ3n) is 11.7. The van der Waals surface area contributed by atoms with Crippen molar-refractivity contribution in [3.63, 3.8) is 0 Å². The van der Waals surface area contributed by atoms with E-state index >= 15 is 0 Å². The number of hydrogen-bond acceptors (Lipinski definition) is 4. The molecule has 55 heavy (non-hydrogen) atoms. The molecule has 8 aromatic rings. The van der Waals surface area contributed by atoms with Gasteiger partial charge in [0.05, 0.1) is 5.04 Å². The Bertz CT molecular complexity index is 2530. The molecule has 0 saturated carbocycles. The van der Waals surface area contributed by atoms with E-state index in [4.69, 9.17) is 16.5 Å². The van der Waals surface area contributed by atoms with Crippen LogP contribution in [0.3, 0.4) is 0 Å². The van der Waals surface area contributed by atoms with Gasteiger partial charge >= 0.3 is 26.4 Å². The van der Waals surface area contributed by atoms with E-state index in [-0.39, 0.29) is 0 Å². The summed E-state index contributed by atoms with van der Waals surface area (Å²) in [6.45, 7) is 11.1. The van der Waals surface area contributed by atoms with Crippen LogP contribution < -0.4 is 0 Å². The van der Waals surface area contributed by atoms with E-state index in [9.17, 15) is 0 Å². The highest BCUT2D eigenvalue weighted by atomic mass is 28.5. The van der Waals surface area contributed by atoms with Gasteiger partial charge in [0.25, 0.3) is 10.0 Å². The van der Waals surface area contributed by atoms with Crippen LogP contribution in [-0.2, 0) is 26.9 Å². The lowest BCUT2D eigenvalue weighted by atomic mass is 9.59. The van der Waals surface area contributed by atoms with Gasteiger partial charge in [0.1, 0.15) is 0 Å². The predicted octanol–water partition coefficient (Wildman–Crippen LogP) is 10.8. The minimum Gasteiger partial charge on any atom is -0.422 e. The Morgan fingerprint density at radius 3 is 1.20 bits per heavy atom. The second-order valence-corrected chi connectivity index (χ2v) is 27.4. The zero-order valence-corrected chi connectivity index (χ0v) is 36.7. The Morgan fingerprint density at radius 2 is 0.782 bits per heavy atom. The molecule has 274 valence electrons. The monoisotopic (exact) mass is 786 g/mol. The Labute approximate surface area is 330 Å². The van der Waals surface area contributed by atoms with Crippen LogP contribution in [0.5, 0.6) is 0 Å². The van der Waals surface area contributed by atoms with Gasteiger partial charge in [-0.2, -0.15) is 0 Å². The molecule has 0 N–H and O–H groups in total. The first-order valence-electron chi connectivity index (χ1n) is 19.2. The summed E-state index contributed by atoms with van der Waals surface area (Å²) < 4.78 is 29.2. The fourth-order valence-corrected chi connectivity index (χ4v) is 24.7. The van der Waals surface area contributed by atoms with Gasteiger partial charge in [-0.1, -0.05) is 177 Å². The highest BCUT2D eigenvalue weighted by Crippen LogP contribution is 2.59. The van der Waals surface area contributed by atoms with Gasteiger partial charge in [-0.25, -0.2) is 0 Å². The van der Waals surface area contributed by atoms with Crippen LogP contribution >= 0.6 is 0 Å². The summed E-state index contributed by atoms with van der Waals surface area (Å²) in [7, 11) is -9.95. The summed E-state index contributed by atoms with van der Waals surface area (Å²) in [5.74, 6) is 0. The van der Waals surface area contributed by atoms with Gasteiger partial charge in [-0.3, -0.25) is 0 Å². The molecule has 9 rings (SSSR count). The van der Waals surface area contributed by atoms with Crippen molar-refractivity contribution >= 4 is 79.5 Å². The molecule has 1 aliphatic heterocycles. The van der Waals surface area contributed by atoms with Crippen LogP contribution in [0.1, 0.15) is 29.2 Å². The lowest BCUT2D eigenvalue weighted by molar-refractivity contribution is 0.243. The molecule has 0 aromatic heterocycles. The van der Waals surface area contributed by atoms with E-state index in [2.05, 4.69) is 203 Å². The van der Waals surface area contributed by atoms with Crippen molar-refractivity contribution in [2.45, 2.75) is 43.6 Å². The Morgan fingerprint density at radius 1 is 0.436 bits per heavy atom. The van der Waals surface area contributed by atoms with Gasteiger partial charge in [0.2, 0.25) is 0 Å². The molecule has 1 heterocycles. The fourth-order valence-electron chi connectivity index (χ4n) is 9.59. The highest BCUT2D eigenvalue weighted by molar-refractivity contribution is 6.85. The third-order valence-corrected chi connectivity index (χ3v) is 25.7. The van der Waals surface area contributed by atoms with Gasteiger partial charge in [0.15, 0.2) is 0 Å². The molecule has 0 amide bonds. The number of benzene rings is 8. The summed E-state index contributed by atoms with van der Waals surface area (Å²) >= 11 is 0. The number of fused-ring (bicyclic) bond motifs is 4. The second-order valence-electron chi connectivity index (χ2n) is 15.8. The first-order valence-corrected chi connectivity index (χ1v) is 27.5. The average Bonchev–Trinajstić information content (AvgIpc) is 3.19. The van der Waals surface area contributed by atoms with Crippen molar-refractivity contribution < 1.29 is 16.5 Å². The molecule has 8 heteroatoms. The minimum absolute atomic E-state index is 0.787. The van der Waals surface area contributed by atoms with Crippen molar-refractivity contribution in [1.29, 1.82) is 0 Å². The van der Waals surface area contributed by atoms with Crippen LogP contribution in [0.15, 0.2) is 170 Å². The summed E-state index contributed by atoms with van der Waals surface area (Å²) in [6.07, 6.45) is 0. The van der Waals surface area contributed by atoms with Crippen molar-refractivity contribution in [3.05, 3.63) is 192 Å². The molecule has 0 aliphatic carbocycles. The molecular formula is C47H46O4Si4. The largest absolute Gasteiger partial charge is 0.422 e. The summed E-state index contributed by atoms with van der Waals surface area (Å²) in [6, 6.07) is 62.6. The van der Waals surface area contributed by atoms with Crippen LogP contribution in [-0.4, -0.2) is 36.4 Å². The molecule has 0 spiro atoms.